The summed E-state index contributed by atoms with van der Waals surface area (Å²) >= 11 is 0. The van der Waals surface area contributed by atoms with E-state index in [1.807, 2.05) is 6.07 Å². The molecule has 4 rings (SSSR count). The summed E-state index contributed by atoms with van der Waals surface area (Å²) in [5.74, 6) is -1.61. The first-order chi connectivity index (χ1) is 18.0. The Morgan fingerprint density at radius 3 is 2.45 bits per heavy atom. The fourth-order valence-electron chi connectivity index (χ4n) is 3.93. The summed E-state index contributed by atoms with van der Waals surface area (Å²) in [5, 5.41) is 25.9. The molecule has 0 radical (unpaired) electrons. The minimum atomic E-state index is -4.62. The Kier molecular flexibility index (Phi) is 6.86. The van der Waals surface area contributed by atoms with E-state index in [2.05, 4.69) is 26.2 Å². The van der Waals surface area contributed by atoms with Crippen LogP contribution in [0.2, 0.25) is 0 Å². The molecule has 0 unspecified atom stereocenters. The van der Waals surface area contributed by atoms with Crippen molar-refractivity contribution in [2.24, 2.45) is 0 Å². The van der Waals surface area contributed by atoms with E-state index in [9.17, 15) is 28.0 Å². The molecule has 1 atom stereocenters. The van der Waals surface area contributed by atoms with Crippen molar-refractivity contribution in [1.29, 1.82) is 10.5 Å². The molecule has 1 aliphatic heterocycles. The number of hydrogen-bond donors (Lipinski definition) is 1. The van der Waals surface area contributed by atoms with Gasteiger partial charge in [-0.25, -0.2) is 4.68 Å². The van der Waals surface area contributed by atoms with Gasteiger partial charge in [-0.3, -0.25) is 19.8 Å². The standard InChI is InChI=1S/C25H18F3N7O3/c1-14-20(12-30)22(17-8-6-16(11-29)7-9-17)35-24(32-23(33-35)31-21(37)13-38-15(2)36)34(14)19-5-3-4-18(10-19)25(26,27)28/h3-10,22H,13H2,1-2H3,(H,31,33,37)/t22-/m0/s1. The number of halogens is 3. The number of nitrogens with zero attached hydrogens (tertiary/aromatic N) is 6. The van der Waals surface area contributed by atoms with Crippen molar-refractivity contribution in [3.63, 3.8) is 0 Å². The Morgan fingerprint density at radius 1 is 1.13 bits per heavy atom. The first-order valence-electron chi connectivity index (χ1n) is 11.0. The second kappa shape index (κ2) is 10.1. The van der Waals surface area contributed by atoms with Gasteiger partial charge in [0.25, 0.3) is 11.9 Å². The molecule has 2 heterocycles. The van der Waals surface area contributed by atoms with E-state index in [0.29, 0.717) is 16.8 Å². The van der Waals surface area contributed by atoms with Gasteiger partial charge in [-0.15, -0.1) is 5.10 Å². The predicted molar refractivity (Wildman–Crippen MR) is 126 cm³/mol. The molecule has 1 aliphatic rings. The van der Waals surface area contributed by atoms with Gasteiger partial charge >= 0.3 is 12.1 Å². The zero-order valence-electron chi connectivity index (χ0n) is 19.9. The van der Waals surface area contributed by atoms with Crippen molar-refractivity contribution >= 4 is 29.5 Å². The lowest BCUT2D eigenvalue weighted by Gasteiger charge is -2.34. The monoisotopic (exact) mass is 521 g/mol. The molecular formula is C25H18F3N7O3. The Morgan fingerprint density at radius 2 is 1.84 bits per heavy atom. The highest BCUT2D eigenvalue weighted by molar-refractivity contribution is 5.91. The molecule has 3 aromatic rings. The third kappa shape index (κ3) is 5.03. The lowest BCUT2D eigenvalue weighted by molar-refractivity contribution is -0.145. The average molecular weight is 521 g/mol. The van der Waals surface area contributed by atoms with E-state index in [1.54, 1.807) is 31.2 Å². The predicted octanol–water partition coefficient (Wildman–Crippen LogP) is 4.21. The number of esters is 1. The van der Waals surface area contributed by atoms with Crippen LogP contribution >= 0.6 is 0 Å². The van der Waals surface area contributed by atoms with E-state index < -0.39 is 36.3 Å². The number of alkyl halides is 3. The van der Waals surface area contributed by atoms with Crippen LogP contribution in [0.1, 0.15) is 36.6 Å². The quantitative estimate of drug-likeness (QED) is 0.493. The van der Waals surface area contributed by atoms with Crippen LogP contribution in [0, 0.1) is 22.7 Å². The number of carbonyl (C=O) groups excluding carboxylic acids is 2. The normalized spacial score (nSPS) is 14.8. The third-order valence-electron chi connectivity index (χ3n) is 5.62. The van der Waals surface area contributed by atoms with Crippen molar-refractivity contribution in [1.82, 2.24) is 14.8 Å². The van der Waals surface area contributed by atoms with Gasteiger partial charge in [0.1, 0.15) is 6.04 Å². The molecule has 1 amide bonds. The molecule has 2 aromatic carbocycles. The maximum absolute atomic E-state index is 13.5. The van der Waals surface area contributed by atoms with E-state index in [4.69, 9.17) is 5.26 Å². The summed E-state index contributed by atoms with van der Waals surface area (Å²) in [6.45, 7) is 2.09. The van der Waals surface area contributed by atoms with Crippen LogP contribution in [0.4, 0.5) is 30.8 Å². The van der Waals surface area contributed by atoms with E-state index in [0.717, 1.165) is 19.1 Å². The summed E-state index contributed by atoms with van der Waals surface area (Å²) in [7, 11) is 0. The number of carbonyl (C=O) groups is 2. The van der Waals surface area contributed by atoms with E-state index in [1.165, 1.54) is 21.7 Å². The largest absolute Gasteiger partial charge is 0.456 e. The summed E-state index contributed by atoms with van der Waals surface area (Å²) in [5.41, 5.74) is 0.534. The van der Waals surface area contributed by atoms with Gasteiger partial charge in [-0.1, -0.05) is 18.2 Å². The highest BCUT2D eigenvalue weighted by Gasteiger charge is 2.37. The second-order valence-corrected chi connectivity index (χ2v) is 8.14. The Labute approximate surface area is 214 Å². The number of allylic oxidation sites excluding steroid dienone is 2. The van der Waals surface area contributed by atoms with Crippen molar-refractivity contribution in [3.05, 3.63) is 76.5 Å². The van der Waals surface area contributed by atoms with Gasteiger partial charge in [-0.2, -0.15) is 28.7 Å². The number of aromatic nitrogens is 3. The van der Waals surface area contributed by atoms with Crippen LogP contribution in [0.3, 0.4) is 0 Å². The molecule has 1 N–H and O–H groups in total. The molecule has 0 fully saturated rings. The maximum Gasteiger partial charge on any atom is 0.416 e. The fraction of sp³-hybridized carbons (Fsp3) is 0.200. The van der Waals surface area contributed by atoms with Crippen molar-refractivity contribution < 1.29 is 27.5 Å². The van der Waals surface area contributed by atoms with Crippen molar-refractivity contribution in [2.75, 3.05) is 16.8 Å². The highest BCUT2D eigenvalue weighted by Crippen LogP contribution is 2.43. The zero-order valence-corrected chi connectivity index (χ0v) is 19.9. The molecule has 0 bridgehead atoms. The van der Waals surface area contributed by atoms with Gasteiger partial charge in [0.05, 0.1) is 28.8 Å². The number of fused-ring (bicyclic) bond motifs is 1. The number of ether oxygens (including phenoxy) is 1. The third-order valence-corrected chi connectivity index (χ3v) is 5.62. The molecule has 0 saturated heterocycles. The van der Waals surface area contributed by atoms with Crippen LogP contribution in [0.5, 0.6) is 0 Å². The topological polar surface area (TPSA) is 137 Å². The number of nitriles is 2. The number of nitrogens with one attached hydrogen (secondary N) is 1. The molecule has 38 heavy (non-hydrogen) atoms. The van der Waals surface area contributed by atoms with Crippen LogP contribution in [-0.4, -0.2) is 33.2 Å². The van der Waals surface area contributed by atoms with E-state index in [-0.39, 0.29) is 23.2 Å². The van der Waals surface area contributed by atoms with Gasteiger partial charge in [0.15, 0.2) is 6.61 Å². The van der Waals surface area contributed by atoms with E-state index >= 15 is 0 Å². The van der Waals surface area contributed by atoms with Gasteiger partial charge in [-0.05, 0) is 42.8 Å². The van der Waals surface area contributed by atoms with Gasteiger partial charge < -0.3 is 4.74 Å². The lowest BCUT2D eigenvalue weighted by atomic mass is 9.95. The SMILES string of the molecule is CC(=O)OCC(=O)Nc1nc2n(n1)[C@@H](c1ccc(C#N)cc1)C(C#N)=C(C)N2c1cccc(C(F)(F)F)c1. The van der Waals surface area contributed by atoms with Crippen LogP contribution < -0.4 is 10.2 Å². The van der Waals surface area contributed by atoms with Crippen molar-refractivity contribution in [3.8, 4) is 12.1 Å². The fourth-order valence-corrected chi connectivity index (χ4v) is 3.93. The maximum atomic E-state index is 13.5. The van der Waals surface area contributed by atoms with Crippen LogP contribution in [-0.2, 0) is 20.5 Å². The van der Waals surface area contributed by atoms with Crippen LogP contribution in [0.25, 0.3) is 0 Å². The molecule has 0 spiro atoms. The molecule has 0 aliphatic carbocycles. The minimum absolute atomic E-state index is 0.0259. The number of hydrogen-bond acceptors (Lipinski definition) is 8. The Bertz CT molecular complexity index is 1530. The smallest absolute Gasteiger partial charge is 0.416 e. The first-order valence-corrected chi connectivity index (χ1v) is 11.0. The van der Waals surface area contributed by atoms with Gasteiger partial charge in [0, 0.05) is 18.3 Å². The Balaban J connectivity index is 1.87. The second-order valence-electron chi connectivity index (χ2n) is 8.14. The molecular weight excluding hydrogens is 503 g/mol. The number of rotatable bonds is 5. The molecule has 0 saturated carbocycles. The van der Waals surface area contributed by atoms with Gasteiger partial charge in [0.2, 0.25) is 5.95 Å². The number of amides is 1. The molecule has 192 valence electrons. The lowest BCUT2D eigenvalue weighted by Crippen LogP contribution is -2.31. The highest BCUT2D eigenvalue weighted by atomic mass is 19.4. The summed E-state index contributed by atoms with van der Waals surface area (Å²) in [6, 6.07) is 14.1. The minimum Gasteiger partial charge on any atom is -0.456 e. The Hall–Kier alpha value is -5.17. The zero-order chi connectivity index (χ0) is 27.6. The summed E-state index contributed by atoms with van der Waals surface area (Å²) < 4.78 is 46.4. The summed E-state index contributed by atoms with van der Waals surface area (Å²) in [6.07, 6.45) is -4.62. The molecule has 1 aromatic heterocycles. The number of anilines is 3. The molecule has 10 nitrogen and oxygen atoms in total. The first kappa shape index (κ1) is 25.9. The number of benzene rings is 2. The molecule has 13 heteroatoms. The average Bonchev–Trinajstić information content (AvgIpc) is 3.28. The summed E-state index contributed by atoms with van der Waals surface area (Å²) in [4.78, 5) is 28.9. The van der Waals surface area contributed by atoms with Crippen molar-refractivity contribution in [2.45, 2.75) is 26.1 Å². The van der Waals surface area contributed by atoms with Crippen LogP contribution in [0.15, 0.2) is 59.8 Å².